The average molecular weight is 377 g/mol. The first kappa shape index (κ1) is 18.1. The minimum absolute atomic E-state index is 0.0731. The molecule has 0 radical (unpaired) electrons. The quantitative estimate of drug-likeness (QED) is 0.749. The molecule has 21 heavy (non-hydrogen) atoms. The van der Waals surface area contributed by atoms with Gasteiger partial charge in [-0.25, -0.2) is 8.42 Å². The van der Waals surface area contributed by atoms with Gasteiger partial charge < -0.3 is 11.1 Å². The lowest BCUT2D eigenvalue weighted by molar-refractivity contribution is -0.122. The fourth-order valence-corrected chi connectivity index (χ4v) is 3.02. The first-order valence-electron chi connectivity index (χ1n) is 6.65. The van der Waals surface area contributed by atoms with E-state index in [2.05, 4.69) is 21.2 Å². The third-order valence-electron chi connectivity index (χ3n) is 2.96. The summed E-state index contributed by atoms with van der Waals surface area (Å²) in [7, 11) is -3.10. The van der Waals surface area contributed by atoms with Crippen molar-refractivity contribution in [1.29, 1.82) is 0 Å². The van der Waals surface area contributed by atoms with Crippen LogP contribution in [0.15, 0.2) is 28.7 Å². The molecule has 0 aromatic heterocycles. The maximum Gasteiger partial charge on any atom is 0.237 e. The Morgan fingerprint density at radius 1 is 1.43 bits per heavy atom. The molecule has 3 N–H and O–H groups in total. The first-order valence-corrected chi connectivity index (χ1v) is 9.51. The standard InChI is InChI=1S/C14H21BrN2O3S/c1-10(8-11-4-3-5-12(15)9-11)17-14(18)13(16)6-7-21(2,19)20/h3-5,9-10,13H,6-8,16H2,1-2H3,(H,17,18). The summed E-state index contributed by atoms with van der Waals surface area (Å²) in [4.78, 5) is 11.9. The Hall–Kier alpha value is -0.920. The summed E-state index contributed by atoms with van der Waals surface area (Å²) < 4.78 is 23.1. The van der Waals surface area contributed by atoms with Crippen LogP contribution in [0.1, 0.15) is 18.9 Å². The number of carbonyl (C=O) groups excluding carboxylic acids is 1. The molecular weight excluding hydrogens is 356 g/mol. The predicted molar refractivity (Wildman–Crippen MR) is 87.8 cm³/mol. The third-order valence-corrected chi connectivity index (χ3v) is 4.43. The van der Waals surface area contributed by atoms with Gasteiger partial charge in [-0.15, -0.1) is 0 Å². The average Bonchev–Trinajstić information content (AvgIpc) is 2.34. The summed E-state index contributed by atoms with van der Waals surface area (Å²) in [6, 6.07) is 6.98. The van der Waals surface area contributed by atoms with Crippen molar-refractivity contribution in [3.05, 3.63) is 34.3 Å². The summed E-state index contributed by atoms with van der Waals surface area (Å²) in [5.74, 6) is -0.400. The zero-order valence-electron chi connectivity index (χ0n) is 12.2. The number of hydrogen-bond donors (Lipinski definition) is 2. The van der Waals surface area contributed by atoms with E-state index in [1.54, 1.807) is 0 Å². The summed E-state index contributed by atoms with van der Waals surface area (Å²) >= 11 is 3.40. The van der Waals surface area contributed by atoms with E-state index in [0.717, 1.165) is 16.3 Å². The first-order chi connectivity index (χ1) is 9.67. The maximum atomic E-state index is 11.9. The number of benzene rings is 1. The molecule has 1 amide bonds. The van der Waals surface area contributed by atoms with Gasteiger partial charge in [0.05, 0.1) is 11.8 Å². The minimum Gasteiger partial charge on any atom is -0.352 e. The molecule has 0 aliphatic heterocycles. The van der Waals surface area contributed by atoms with Gasteiger partial charge in [0.25, 0.3) is 0 Å². The van der Waals surface area contributed by atoms with E-state index in [9.17, 15) is 13.2 Å². The molecule has 0 aliphatic carbocycles. The highest BCUT2D eigenvalue weighted by Gasteiger charge is 2.17. The Labute approximate surface area is 134 Å². The molecule has 1 rings (SSSR count). The molecule has 0 heterocycles. The second-order valence-electron chi connectivity index (χ2n) is 5.27. The van der Waals surface area contributed by atoms with Crippen molar-refractivity contribution < 1.29 is 13.2 Å². The topological polar surface area (TPSA) is 89.3 Å². The van der Waals surface area contributed by atoms with Crippen LogP contribution in [-0.4, -0.2) is 38.4 Å². The van der Waals surface area contributed by atoms with Crippen LogP contribution in [-0.2, 0) is 21.1 Å². The van der Waals surface area contributed by atoms with Crippen LogP contribution in [0, 0.1) is 0 Å². The number of nitrogens with one attached hydrogen (secondary N) is 1. The second-order valence-corrected chi connectivity index (χ2v) is 8.44. The van der Waals surface area contributed by atoms with Crippen LogP contribution in [0.5, 0.6) is 0 Å². The second kappa shape index (κ2) is 7.91. The Bertz CT molecular complexity index is 590. The highest BCUT2D eigenvalue weighted by Crippen LogP contribution is 2.13. The molecule has 0 bridgehead atoms. The Morgan fingerprint density at radius 3 is 2.67 bits per heavy atom. The van der Waals surface area contributed by atoms with Crippen molar-refractivity contribution >= 4 is 31.7 Å². The normalized spacial score (nSPS) is 14.5. The summed E-state index contributed by atoms with van der Waals surface area (Å²) in [6.07, 6.45) is 1.95. The van der Waals surface area contributed by atoms with Crippen molar-refractivity contribution in [3.8, 4) is 0 Å². The Balaban J connectivity index is 2.46. The van der Waals surface area contributed by atoms with Crippen molar-refractivity contribution in [2.75, 3.05) is 12.0 Å². The van der Waals surface area contributed by atoms with Crippen molar-refractivity contribution in [2.45, 2.75) is 31.8 Å². The van der Waals surface area contributed by atoms with Crippen LogP contribution in [0.2, 0.25) is 0 Å². The number of hydrogen-bond acceptors (Lipinski definition) is 4. The Kier molecular flexibility index (Phi) is 6.83. The zero-order valence-corrected chi connectivity index (χ0v) is 14.6. The molecule has 2 unspecified atom stereocenters. The minimum atomic E-state index is -3.10. The molecule has 0 spiro atoms. The summed E-state index contributed by atoms with van der Waals surface area (Å²) in [5, 5.41) is 2.81. The Morgan fingerprint density at radius 2 is 2.10 bits per heavy atom. The van der Waals surface area contributed by atoms with E-state index < -0.39 is 15.9 Å². The molecular formula is C14H21BrN2O3S. The van der Waals surface area contributed by atoms with E-state index in [-0.39, 0.29) is 24.1 Å². The van der Waals surface area contributed by atoms with Crippen LogP contribution in [0.4, 0.5) is 0 Å². The molecule has 0 saturated carbocycles. The van der Waals surface area contributed by atoms with Gasteiger partial charge in [0.1, 0.15) is 9.84 Å². The molecule has 1 aromatic rings. The fraction of sp³-hybridized carbons (Fsp3) is 0.500. The molecule has 118 valence electrons. The number of nitrogens with two attached hydrogens (primary N) is 1. The van der Waals surface area contributed by atoms with Gasteiger partial charge in [-0.3, -0.25) is 4.79 Å². The largest absolute Gasteiger partial charge is 0.352 e. The van der Waals surface area contributed by atoms with Gasteiger partial charge in [0, 0.05) is 16.8 Å². The van der Waals surface area contributed by atoms with Crippen LogP contribution < -0.4 is 11.1 Å². The van der Waals surface area contributed by atoms with Crippen molar-refractivity contribution in [3.63, 3.8) is 0 Å². The van der Waals surface area contributed by atoms with Gasteiger partial charge in [-0.05, 0) is 37.5 Å². The van der Waals surface area contributed by atoms with Crippen LogP contribution >= 0.6 is 15.9 Å². The third kappa shape index (κ3) is 7.59. The van der Waals surface area contributed by atoms with Gasteiger partial charge in [-0.2, -0.15) is 0 Å². The monoisotopic (exact) mass is 376 g/mol. The van der Waals surface area contributed by atoms with Crippen molar-refractivity contribution in [1.82, 2.24) is 5.32 Å². The van der Waals surface area contributed by atoms with E-state index in [1.807, 2.05) is 31.2 Å². The number of amides is 1. The van der Waals surface area contributed by atoms with E-state index >= 15 is 0 Å². The van der Waals surface area contributed by atoms with Crippen molar-refractivity contribution in [2.24, 2.45) is 5.73 Å². The molecule has 0 fully saturated rings. The molecule has 1 aromatic carbocycles. The lowest BCUT2D eigenvalue weighted by Gasteiger charge is -2.17. The number of rotatable bonds is 7. The maximum absolute atomic E-state index is 11.9. The molecule has 7 heteroatoms. The van der Waals surface area contributed by atoms with Gasteiger partial charge >= 0.3 is 0 Å². The number of carbonyl (C=O) groups is 1. The van der Waals surface area contributed by atoms with E-state index in [0.29, 0.717) is 6.42 Å². The smallest absolute Gasteiger partial charge is 0.237 e. The molecule has 2 atom stereocenters. The molecule has 5 nitrogen and oxygen atoms in total. The zero-order chi connectivity index (χ0) is 16.0. The highest BCUT2D eigenvalue weighted by atomic mass is 79.9. The lowest BCUT2D eigenvalue weighted by atomic mass is 10.1. The SMILES string of the molecule is CC(Cc1cccc(Br)c1)NC(=O)C(N)CCS(C)(=O)=O. The van der Waals surface area contributed by atoms with Crippen LogP contribution in [0.3, 0.4) is 0 Å². The highest BCUT2D eigenvalue weighted by molar-refractivity contribution is 9.10. The van der Waals surface area contributed by atoms with E-state index in [1.165, 1.54) is 0 Å². The van der Waals surface area contributed by atoms with Crippen LogP contribution in [0.25, 0.3) is 0 Å². The fourth-order valence-electron chi connectivity index (χ4n) is 1.89. The summed E-state index contributed by atoms with van der Waals surface area (Å²) in [5.41, 5.74) is 6.81. The number of sulfone groups is 1. The van der Waals surface area contributed by atoms with Gasteiger partial charge in [0.15, 0.2) is 0 Å². The summed E-state index contributed by atoms with van der Waals surface area (Å²) in [6.45, 7) is 1.89. The van der Waals surface area contributed by atoms with Gasteiger partial charge in [0.2, 0.25) is 5.91 Å². The molecule has 0 saturated heterocycles. The predicted octanol–water partition coefficient (Wildman–Crippen LogP) is 1.26. The molecule has 0 aliphatic rings. The lowest BCUT2D eigenvalue weighted by Crippen LogP contribution is -2.45. The van der Waals surface area contributed by atoms with E-state index in [4.69, 9.17) is 5.73 Å². The van der Waals surface area contributed by atoms with Gasteiger partial charge in [-0.1, -0.05) is 28.1 Å². The number of halogens is 1.